The Bertz CT molecular complexity index is 499. The first-order valence-electron chi connectivity index (χ1n) is 5.82. The van der Waals surface area contributed by atoms with Crippen LogP contribution >= 0.6 is 16.2 Å². The van der Waals surface area contributed by atoms with Gasteiger partial charge in [-0.1, -0.05) is 5.21 Å². The Morgan fingerprint density at radius 3 is 1.65 bits per heavy atom. The minimum absolute atomic E-state index is 0.172. The summed E-state index contributed by atoms with van der Waals surface area (Å²) >= 11 is 0. The summed E-state index contributed by atoms with van der Waals surface area (Å²) < 4.78 is 66.2. The van der Waals surface area contributed by atoms with E-state index in [9.17, 15) is 30.0 Å². The van der Waals surface area contributed by atoms with Crippen molar-refractivity contribution in [3.63, 3.8) is 0 Å². The van der Waals surface area contributed by atoms with Crippen molar-refractivity contribution in [2.75, 3.05) is 35.2 Å². The normalized spacial score (nSPS) is 15.0. The van der Waals surface area contributed by atoms with Crippen LogP contribution in [0.5, 0.6) is 0 Å². The number of amides is 1. The molecular formula is C8H18F6N6OP2. The van der Waals surface area contributed by atoms with Gasteiger partial charge in [-0.25, -0.2) is 4.79 Å². The molecule has 0 radical (unpaired) electrons. The molecule has 23 heavy (non-hydrogen) atoms. The second-order valence-electron chi connectivity index (χ2n) is 4.74. The van der Waals surface area contributed by atoms with Gasteiger partial charge in [0.1, 0.15) is 0 Å². The Hall–Kier alpha value is -1.03. The fraction of sp³-hybridized carbons (Fsp3) is 0.625. The van der Waals surface area contributed by atoms with Gasteiger partial charge >= 0.3 is 39.0 Å². The molecule has 0 spiro atoms. The molecule has 15 heteroatoms. The van der Waals surface area contributed by atoms with Gasteiger partial charge in [0.25, 0.3) is 0 Å². The van der Waals surface area contributed by atoms with Crippen LogP contribution in [0.15, 0.2) is 12.4 Å². The molecule has 1 rings (SSSR count). The van der Waals surface area contributed by atoms with Crippen LogP contribution in [0.25, 0.3) is 0 Å². The van der Waals surface area contributed by atoms with E-state index in [1.165, 1.54) is 10.9 Å². The van der Waals surface area contributed by atoms with Crippen molar-refractivity contribution in [1.29, 1.82) is 0 Å². The van der Waals surface area contributed by atoms with Gasteiger partial charge in [0, 0.05) is 28.2 Å². The van der Waals surface area contributed by atoms with Crippen molar-refractivity contribution in [3.05, 3.63) is 12.4 Å². The number of aromatic nitrogens is 3. The zero-order chi connectivity index (χ0) is 18.7. The molecule has 0 bridgehead atoms. The molecule has 0 aliphatic carbocycles. The van der Waals surface area contributed by atoms with E-state index >= 15 is 0 Å². The summed E-state index contributed by atoms with van der Waals surface area (Å²) in [6.45, 7) is 0. The second kappa shape index (κ2) is 6.46. The van der Waals surface area contributed by atoms with E-state index in [1.54, 1.807) is 17.9 Å². The van der Waals surface area contributed by atoms with E-state index in [4.69, 9.17) is 0 Å². The number of rotatable bonds is 3. The van der Waals surface area contributed by atoms with E-state index in [0.29, 0.717) is 0 Å². The van der Waals surface area contributed by atoms with Crippen molar-refractivity contribution in [2.24, 2.45) is 0 Å². The van der Waals surface area contributed by atoms with Crippen molar-refractivity contribution < 1.29 is 30.0 Å². The average molecular weight is 390 g/mol. The number of hydrogen-bond donors (Lipinski definition) is 0. The third-order valence-electron chi connectivity index (χ3n) is 2.01. The van der Waals surface area contributed by atoms with Crippen LogP contribution in [0, 0.1) is 0 Å². The number of carbonyl (C=O) groups is 1. The molecule has 1 aromatic heterocycles. The Morgan fingerprint density at radius 1 is 1.00 bits per heavy atom. The van der Waals surface area contributed by atoms with E-state index in [2.05, 4.69) is 10.3 Å². The molecule has 1 heterocycles. The van der Waals surface area contributed by atoms with Crippen molar-refractivity contribution in [3.8, 4) is 0 Å². The quantitative estimate of drug-likeness (QED) is 0.583. The Kier molecular flexibility index (Phi) is 6.17. The molecule has 1 amide bonds. The first-order chi connectivity index (χ1) is 9.90. The van der Waals surface area contributed by atoms with Gasteiger partial charge in [-0.2, -0.15) is 18.7 Å². The van der Waals surface area contributed by atoms with E-state index in [-0.39, 0.29) is 6.03 Å². The molecule has 0 aromatic carbocycles. The fourth-order valence-electron chi connectivity index (χ4n) is 1.55. The fourth-order valence-corrected chi connectivity index (χ4v) is 3.82. The molecule has 0 aliphatic heterocycles. The van der Waals surface area contributed by atoms with Gasteiger partial charge in [-0.15, -0.1) is 5.10 Å². The molecule has 0 atom stereocenters. The predicted molar refractivity (Wildman–Crippen MR) is 77.8 cm³/mol. The maximum atomic E-state index is 12.0. The number of halogens is 6. The van der Waals surface area contributed by atoms with Crippen LogP contribution in [-0.4, -0.2) is 70.3 Å². The third-order valence-corrected chi connectivity index (χ3v) is 4.40. The third kappa shape index (κ3) is 11.2. The van der Waals surface area contributed by atoms with Crippen molar-refractivity contribution in [1.82, 2.24) is 29.0 Å². The van der Waals surface area contributed by atoms with E-state index in [0.717, 1.165) is 0 Å². The maximum absolute atomic E-state index is 12.0. The standard InChI is InChI=1S/C8H17N6OP.F6P/c1-11(2)16(12(3)4)13(5)8(15)14-7-6-9-10-14;1-7(2,3,4,5)6/h6-7H,1-5H3;/q;-1/p+1. The summed E-state index contributed by atoms with van der Waals surface area (Å²) in [6, 6.07) is -0.172. The Morgan fingerprint density at radius 2 is 1.39 bits per heavy atom. The van der Waals surface area contributed by atoms with Crippen LogP contribution in [0.4, 0.5) is 30.0 Å². The van der Waals surface area contributed by atoms with Gasteiger partial charge in [-0.3, -0.25) is 0 Å². The monoisotopic (exact) mass is 390 g/mol. The van der Waals surface area contributed by atoms with Gasteiger partial charge in [0.15, 0.2) is 0 Å². The zero-order valence-electron chi connectivity index (χ0n) is 13.0. The first kappa shape index (κ1) is 22.0. The molecule has 1 aromatic rings. The average Bonchev–Trinajstić information content (AvgIpc) is 2.75. The topological polar surface area (TPSA) is 57.5 Å². The SMILES string of the molecule is CN(C)[PH+](N(C)C)N(C)C(=O)n1ccnn1.F[P-](F)(F)(F)(F)F. The van der Waals surface area contributed by atoms with Crippen LogP contribution in [0.1, 0.15) is 0 Å². The summed E-state index contributed by atoms with van der Waals surface area (Å²) in [5.41, 5.74) is 0. The second-order valence-corrected chi connectivity index (χ2v) is 9.71. The molecule has 7 nitrogen and oxygen atoms in total. The van der Waals surface area contributed by atoms with Crippen LogP contribution in [0.3, 0.4) is 0 Å². The molecule has 0 unspecified atom stereocenters. The van der Waals surface area contributed by atoms with Crippen LogP contribution in [0.2, 0.25) is 0 Å². The summed E-state index contributed by atoms with van der Waals surface area (Å²) in [6.07, 6.45) is 3.03. The zero-order valence-corrected chi connectivity index (χ0v) is 14.9. The first-order valence-corrected chi connectivity index (χ1v) is 9.19. The number of hydrogen-bond acceptors (Lipinski definition) is 5. The van der Waals surface area contributed by atoms with Crippen LogP contribution < -0.4 is 0 Å². The number of nitrogens with zero attached hydrogens (tertiary/aromatic N) is 6. The van der Waals surface area contributed by atoms with Gasteiger partial charge < -0.3 is 0 Å². The van der Waals surface area contributed by atoms with Gasteiger partial charge in [0.2, 0.25) is 8.37 Å². The predicted octanol–water partition coefficient (Wildman–Crippen LogP) is 3.64. The molecule has 0 aliphatic rings. The molecule has 0 fully saturated rings. The Balaban J connectivity index is 0.000000585. The van der Waals surface area contributed by atoms with E-state index in [1.807, 2.05) is 37.5 Å². The van der Waals surface area contributed by atoms with Crippen molar-refractivity contribution in [2.45, 2.75) is 0 Å². The molecule has 0 saturated heterocycles. The summed E-state index contributed by atoms with van der Waals surface area (Å²) in [7, 11) is -2.27. The Labute approximate surface area is 130 Å². The van der Waals surface area contributed by atoms with Gasteiger partial charge in [-0.05, 0) is 0 Å². The molecule has 0 saturated carbocycles. The van der Waals surface area contributed by atoms with Crippen LogP contribution in [-0.2, 0) is 0 Å². The molecular weight excluding hydrogens is 372 g/mol. The molecule has 138 valence electrons. The summed E-state index contributed by atoms with van der Waals surface area (Å²) in [5.74, 6) is 0. The molecule has 0 N–H and O–H groups in total. The van der Waals surface area contributed by atoms with Crippen molar-refractivity contribution >= 4 is 22.2 Å². The van der Waals surface area contributed by atoms with Gasteiger partial charge in [0.05, 0.1) is 19.4 Å². The van der Waals surface area contributed by atoms with E-state index < -0.39 is 16.2 Å². The minimum atomic E-state index is -10.7. The number of carbonyl (C=O) groups excluding carboxylic acids is 1. The summed E-state index contributed by atoms with van der Waals surface area (Å²) in [4.78, 5) is 12.0. The summed E-state index contributed by atoms with van der Waals surface area (Å²) in [5, 5.41) is 7.32.